The average molecular weight is 161 g/mol. The van der Waals surface area contributed by atoms with E-state index in [-0.39, 0.29) is 0 Å². The number of carbonyl (C=O) groups excluding carboxylic acids is 1. The van der Waals surface area contributed by atoms with Gasteiger partial charge in [-0.3, -0.25) is 4.79 Å². The molecule has 3 heteroatoms. The lowest BCUT2D eigenvalue weighted by atomic mass is 10.1. The molecule has 0 aliphatic heterocycles. The minimum atomic E-state index is 0.331. The first kappa shape index (κ1) is 6.91. The van der Waals surface area contributed by atoms with Gasteiger partial charge in [0.15, 0.2) is 12.0 Å². The topological polar surface area (TPSA) is 56.2 Å². The maximum Gasteiger partial charge on any atom is 0.185 e. The van der Waals surface area contributed by atoms with Gasteiger partial charge in [0, 0.05) is 16.5 Å². The van der Waals surface area contributed by atoms with Crippen LogP contribution in [0.25, 0.3) is 10.8 Å². The molecule has 1 aromatic carbocycles. The normalized spacial score (nSPS) is 10.3. The van der Waals surface area contributed by atoms with Gasteiger partial charge >= 0.3 is 0 Å². The molecule has 0 spiro atoms. The van der Waals surface area contributed by atoms with Crippen molar-refractivity contribution in [2.24, 2.45) is 0 Å². The molecule has 12 heavy (non-hydrogen) atoms. The van der Waals surface area contributed by atoms with Crippen LogP contribution in [-0.2, 0) is 0 Å². The monoisotopic (exact) mass is 161 g/mol. The number of nitrogen functional groups attached to an aromatic ring is 1. The third-order valence-electron chi connectivity index (χ3n) is 1.82. The predicted molar refractivity (Wildman–Crippen MR) is 46.0 cm³/mol. The molecule has 0 amide bonds. The van der Waals surface area contributed by atoms with Gasteiger partial charge in [0.25, 0.3) is 0 Å². The summed E-state index contributed by atoms with van der Waals surface area (Å²) < 4.78 is 5.00. The highest BCUT2D eigenvalue weighted by molar-refractivity contribution is 6.01. The van der Waals surface area contributed by atoms with Gasteiger partial charge in [0.1, 0.15) is 6.26 Å². The van der Waals surface area contributed by atoms with Crippen LogP contribution in [0.5, 0.6) is 0 Å². The molecule has 0 aliphatic rings. The Hall–Kier alpha value is -1.77. The molecular weight excluding hydrogens is 154 g/mol. The number of furan rings is 1. The molecular formula is C9H7NO2. The molecule has 1 heterocycles. The number of hydrogen-bond acceptors (Lipinski definition) is 3. The van der Waals surface area contributed by atoms with Crippen molar-refractivity contribution in [3.05, 3.63) is 30.2 Å². The van der Waals surface area contributed by atoms with Crippen LogP contribution < -0.4 is 5.73 Å². The number of nitrogens with two attached hydrogens (primary N) is 1. The van der Waals surface area contributed by atoms with Crippen LogP contribution in [0.4, 0.5) is 5.69 Å². The van der Waals surface area contributed by atoms with Crippen LogP contribution in [-0.4, -0.2) is 6.29 Å². The van der Waals surface area contributed by atoms with E-state index in [4.69, 9.17) is 10.2 Å². The maximum atomic E-state index is 10.5. The molecule has 2 rings (SSSR count). The van der Waals surface area contributed by atoms with Gasteiger partial charge in [-0.25, -0.2) is 0 Å². The van der Waals surface area contributed by atoms with Crippen LogP contribution in [0, 0.1) is 0 Å². The summed E-state index contributed by atoms with van der Waals surface area (Å²) >= 11 is 0. The number of carbonyl (C=O) groups is 1. The molecule has 60 valence electrons. The molecule has 2 aromatic rings. The Morgan fingerprint density at radius 3 is 2.92 bits per heavy atom. The summed E-state index contributed by atoms with van der Waals surface area (Å²) in [5.74, 6) is 0.331. The van der Waals surface area contributed by atoms with Crippen molar-refractivity contribution in [3.8, 4) is 0 Å². The summed E-state index contributed by atoms with van der Waals surface area (Å²) in [5.41, 5.74) is 6.28. The minimum absolute atomic E-state index is 0.331. The van der Waals surface area contributed by atoms with Crippen molar-refractivity contribution in [2.45, 2.75) is 0 Å². The molecule has 0 radical (unpaired) electrons. The summed E-state index contributed by atoms with van der Waals surface area (Å²) in [6.07, 6.45) is 2.18. The van der Waals surface area contributed by atoms with Crippen LogP contribution in [0.15, 0.2) is 28.9 Å². The molecule has 1 aromatic heterocycles. The van der Waals surface area contributed by atoms with Crippen molar-refractivity contribution in [1.82, 2.24) is 0 Å². The highest BCUT2D eigenvalue weighted by atomic mass is 16.3. The second-order valence-corrected chi connectivity index (χ2v) is 2.53. The Kier molecular flexibility index (Phi) is 1.37. The first-order chi connectivity index (χ1) is 5.83. The molecule has 0 aliphatic carbocycles. The number of rotatable bonds is 1. The van der Waals surface area contributed by atoms with Crippen LogP contribution in [0.2, 0.25) is 0 Å². The lowest BCUT2D eigenvalue weighted by Gasteiger charge is -1.92. The SMILES string of the molecule is Nc1cccc2c(C=O)occ12. The zero-order valence-corrected chi connectivity index (χ0v) is 6.28. The molecule has 0 fully saturated rings. The Bertz CT molecular complexity index is 431. The fourth-order valence-electron chi connectivity index (χ4n) is 1.21. The third-order valence-corrected chi connectivity index (χ3v) is 1.82. The molecule has 2 N–H and O–H groups in total. The number of aldehydes is 1. The summed E-state index contributed by atoms with van der Waals surface area (Å²) in [7, 11) is 0. The van der Waals surface area contributed by atoms with Gasteiger partial charge < -0.3 is 10.2 Å². The third kappa shape index (κ3) is 0.797. The Morgan fingerprint density at radius 2 is 2.17 bits per heavy atom. The van der Waals surface area contributed by atoms with Gasteiger partial charge in [0.2, 0.25) is 0 Å². The van der Waals surface area contributed by atoms with E-state index in [2.05, 4.69) is 0 Å². The van der Waals surface area contributed by atoms with E-state index in [0.717, 1.165) is 10.8 Å². The highest BCUT2D eigenvalue weighted by Crippen LogP contribution is 2.24. The van der Waals surface area contributed by atoms with Gasteiger partial charge in [-0.05, 0) is 6.07 Å². The predicted octanol–water partition coefficient (Wildman–Crippen LogP) is 1.83. The van der Waals surface area contributed by atoms with Crippen molar-refractivity contribution in [2.75, 3.05) is 5.73 Å². The van der Waals surface area contributed by atoms with E-state index >= 15 is 0 Å². The Morgan fingerprint density at radius 1 is 1.33 bits per heavy atom. The van der Waals surface area contributed by atoms with E-state index in [1.54, 1.807) is 18.2 Å². The van der Waals surface area contributed by atoms with Gasteiger partial charge in [-0.1, -0.05) is 12.1 Å². The van der Waals surface area contributed by atoms with Crippen LogP contribution in [0.1, 0.15) is 10.6 Å². The van der Waals surface area contributed by atoms with Crippen molar-refractivity contribution in [3.63, 3.8) is 0 Å². The van der Waals surface area contributed by atoms with Crippen molar-refractivity contribution >= 4 is 22.7 Å². The second-order valence-electron chi connectivity index (χ2n) is 2.53. The molecule has 3 nitrogen and oxygen atoms in total. The van der Waals surface area contributed by atoms with E-state index in [1.807, 2.05) is 0 Å². The lowest BCUT2D eigenvalue weighted by Crippen LogP contribution is -1.83. The van der Waals surface area contributed by atoms with Crippen molar-refractivity contribution in [1.29, 1.82) is 0 Å². The summed E-state index contributed by atoms with van der Waals surface area (Å²) in [4.78, 5) is 10.5. The second kappa shape index (κ2) is 2.37. The fraction of sp³-hybridized carbons (Fsp3) is 0. The van der Waals surface area contributed by atoms with Crippen LogP contribution in [0.3, 0.4) is 0 Å². The van der Waals surface area contributed by atoms with E-state index in [1.165, 1.54) is 6.26 Å². The molecule has 0 bridgehead atoms. The van der Waals surface area contributed by atoms with Gasteiger partial charge in [0.05, 0.1) is 0 Å². The van der Waals surface area contributed by atoms with E-state index in [0.29, 0.717) is 17.7 Å². The van der Waals surface area contributed by atoms with E-state index < -0.39 is 0 Å². The molecule has 0 atom stereocenters. The number of benzene rings is 1. The van der Waals surface area contributed by atoms with Gasteiger partial charge in [-0.2, -0.15) is 0 Å². The van der Waals surface area contributed by atoms with Crippen LogP contribution >= 0.6 is 0 Å². The molecule has 0 saturated carbocycles. The zero-order chi connectivity index (χ0) is 8.55. The summed E-state index contributed by atoms with van der Waals surface area (Å²) in [5, 5.41) is 1.56. The molecule has 0 saturated heterocycles. The van der Waals surface area contributed by atoms with Crippen molar-refractivity contribution < 1.29 is 9.21 Å². The Labute approximate surface area is 68.8 Å². The fourth-order valence-corrected chi connectivity index (χ4v) is 1.21. The zero-order valence-electron chi connectivity index (χ0n) is 6.28. The first-order valence-corrected chi connectivity index (χ1v) is 3.54. The quantitative estimate of drug-likeness (QED) is 0.512. The highest BCUT2D eigenvalue weighted by Gasteiger charge is 2.05. The Balaban J connectivity index is 2.88. The first-order valence-electron chi connectivity index (χ1n) is 3.54. The average Bonchev–Trinajstić information content (AvgIpc) is 2.49. The smallest absolute Gasteiger partial charge is 0.185 e. The lowest BCUT2D eigenvalue weighted by molar-refractivity contribution is 0.110. The van der Waals surface area contributed by atoms with E-state index in [9.17, 15) is 4.79 Å². The summed E-state index contributed by atoms with van der Waals surface area (Å²) in [6.45, 7) is 0. The minimum Gasteiger partial charge on any atom is -0.460 e. The van der Waals surface area contributed by atoms with Gasteiger partial charge in [-0.15, -0.1) is 0 Å². The maximum absolute atomic E-state index is 10.5. The largest absolute Gasteiger partial charge is 0.460 e. The number of anilines is 1. The summed E-state index contributed by atoms with van der Waals surface area (Å²) in [6, 6.07) is 5.37. The number of hydrogen-bond donors (Lipinski definition) is 1. The molecule has 0 unspecified atom stereocenters. The number of fused-ring (bicyclic) bond motifs is 1. The standard InChI is InChI=1S/C9H7NO2/c10-8-3-1-2-6-7(8)5-12-9(6)4-11/h1-5H,10H2.